The summed E-state index contributed by atoms with van der Waals surface area (Å²) in [6.07, 6.45) is 0.943. The molecule has 7 heteroatoms. The summed E-state index contributed by atoms with van der Waals surface area (Å²) in [5, 5.41) is 5.98. The van der Waals surface area contributed by atoms with E-state index in [1.54, 1.807) is 18.4 Å². The van der Waals surface area contributed by atoms with Gasteiger partial charge in [-0.05, 0) is 25.5 Å². The molecule has 0 radical (unpaired) electrons. The molecule has 18 heavy (non-hydrogen) atoms. The highest BCUT2D eigenvalue weighted by molar-refractivity contribution is 7.11. The lowest BCUT2D eigenvalue weighted by Crippen LogP contribution is -2.11. The van der Waals surface area contributed by atoms with Gasteiger partial charge in [-0.25, -0.2) is 0 Å². The Morgan fingerprint density at radius 1 is 1.22 bits per heavy atom. The molecule has 0 aliphatic rings. The molecule has 0 saturated carbocycles. The van der Waals surface area contributed by atoms with Gasteiger partial charge in [0, 0.05) is 23.3 Å². The normalized spacial score (nSPS) is 10.3. The number of aromatic nitrogens is 3. The number of thiophene rings is 1. The van der Waals surface area contributed by atoms with E-state index in [2.05, 4.69) is 44.6 Å². The Labute approximate surface area is 110 Å². The number of nitrogens with two attached hydrogens (primary N) is 1. The van der Waals surface area contributed by atoms with Gasteiger partial charge >= 0.3 is 0 Å². The third kappa shape index (κ3) is 3.30. The molecule has 0 fully saturated rings. The van der Waals surface area contributed by atoms with E-state index in [1.165, 1.54) is 9.75 Å². The third-order valence-electron chi connectivity index (χ3n) is 2.33. The smallest absolute Gasteiger partial charge is 0.229 e. The van der Waals surface area contributed by atoms with E-state index in [0.717, 1.165) is 13.0 Å². The van der Waals surface area contributed by atoms with Gasteiger partial charge in [-0.15, -0.1) is 11.3 Å². The molecule has 0 amide bonds. The number of aryl methyl sites for hydroxylation is 1. The number of nitrogens with one attached hydrogen (secondary N) is 2. The maximum absolute atomic E-state index is 5.58. The number of nitrogens with zero attached hydrogens (tertiary/aromatic N) is 3. The lowest BCUT2D eigenvalue weighted by atomic mass is 10.3. The summed E-state index contributed by atoms with van der Waals surface area (Å²) in [6, 6.07) is 4.27. The van der Waals surface area contributed by atoms with E-state index in [4.69, 9.17) is 5.73 Å². The van der Waals surface area contributed by atoms with Crippen LogP contribution in [-0.4, -0.2) is 28.5 Å². The Hall–Kier alpha value is -1.89. The quantitative estimate of drug-likeness (QED) is 0.758. The molecule has 0 aliphatic carbocycles. The fourth-order valence-corrected chi connectivity index (χ4v) is 2.39. The fourth-order valence-electron chi connectivity index (χ4n) is 1.50. The lowest BCUT2D eigenvalue weighted by molar-refractivity contribution is 0.980. The average Bonchev–Trinajstić information content (AvgIpc) is 2.74. The highest BCUT2D eigenvalue weighted by atomic mass is 32.1. The van der Waals surface area contributed by atoms with Gasteiger partial charge < -0.3 is 16.4 Å². The van der Waals surface area contributed by atoms with Crippen LogP contribution in [0, 0.1) is 6.92 Å². The largest absolute Gasteiger partial charge is 0.368 e. The van der Waals surface area contributed by atoms with Gasteiger partial charge in [0.1, 0.15) is 0 Å². The molecule has 0 aliphatic heterocycles. The predicted molar refractivity (Wildman–Crippen MR) is 75.0 cm³/mol. The standard InChI is InChI=1S/C11H16N6S/c1-7-3-4-8(18-7)5-6-14-11-16-9(12)15-10(13-2)17-11/h3-4H,5-6H2,1-2H3,(H4,12,13,14,15,16,17). The molecular formula is C11H16N6S. The molecule has 6 nitrogen and oxygen atoms in total. The maximum Gasteiger partial charge on any atom is 0.229 e. The summed E-state index contributed by atoms with van der Waals surface area (Å²) in [7, 11) is 1.74. The predicted octanol–water partition coefficient (Wildman–Crippen LogP) is 1.52. The van der Waals surface area contributed by atoms with Crippen molar-refractivity contribution >= 4 is 29.2 Å². The second-order valence-corrected chi connectivity index (χ2v) is 5.15. The lowest BCUT2D eigenvalue weighted by Gasteiger charge is -2.06. The van der Waals surface area contributed by atoms with Crippen LogP contribution >= 0.6 is 11.3 Å². The molecule has 0 aromatic carbocycles. The van der Waals surface area contributed by atoms with Gasteiger partial charge in [0.15, 0.2) is 0 Å². The molecule has 4 N–H and O–H groups in total. The molecule has 0 saturated heterocycles. The van der Waals surface area contributed by atoms with E-state index in [9.17, 15) is 0 Å². The number of rotatable bonds is 5. The summed E-state index contributed by atoms with van der Waals surface area (Å²) >= 11 is 1.80. The second-order valence-electron chi connectivity index (χ2n) is 3.78. The Morgan fingerprint density at radius 3 is 2.67 bits per heavy atom. The van der Waals surface area contributed by atoms with Crippen molar-refractivity contribution in [2.45, 2.75) is 13.3 Å². The molecular weight excluding hydrogens is 248 g/mol. The van der Waals surface area contributed by atoms with Crippen molar-refractivity contribution in [2.24, 2.45) is 0 Å². The first-order valence-corrected chi connectivity index (χ1v) is 6.47. The van der Waals surface area contributed by atoms with Crippen LogP contribution < -0.4 is 16.4 Å². The summed E-state index contributed by atoms with van der Waals surface area (Å²) < 4.78 is 0. The highest BCUT2D eigenvalue weighted by Crippen LogP contribution is 2.15. The number of hydrogen-bond donors (Lipinski definition) is 3. The molecule has 2 aromatic rings. The number of nitrogen functional groups attached to an aromatic ring is 1. The van der Waals surface area contributed by atoms with Crippen molar-refractivity contribution in [2.75, 3.05) is 30.0 Å². The monoisotopic (exact) mass is 264 g/mol. The van der Waals surface area contributed by atoms with Crippen LogP contribution in [-0.2, 0) is 6.42 Å². The zero-order valence-corrected chi connectivity index (χ0v) is 11.2. The first kappa shape index (κ1) is 12.6. The maximum atomic E-state index is 5.58. The van der Waals surface area contributed by atoms with Gasteiger partial charge in [-0.1, -0.05) is 0 Å². The Bertz CT molecular complexity index is 524. The molecule has 0 unspecified atom stereocenters. The van der Waals surface area contributed by atoms with E-state index < -0.39 is 0 Å². The minimum absolute atomic E-state index is 0.212. The topological polar surface area (TPSA) is 88.8 Å². The zero-order valence-electron chi connectivity index (χ0n) is 10.4. The van der Waals surface area contributed by atoms with E-state index in [1.807, 2.05) is 0 Å². The fraction of sp³-hybridized carbons (Fsp3) is 0.364. The molecule has 0 spiro atoms. The van der Waals surface area contributed by atoms with Crippen LogP contribution in [0.3, 0.4) is 0 Å². The van der Waals surface area contributed by atoms with Crippen molar-refractivity contribution in [1.82, 2.24) is 15.0 Å². The average molecular weight is 264 g/mol. The summed E-state index contributed by atoms with van der Waals surface area (Å²) in [4.78, 5) is 14.8. The van der Waals surface area contributed by atoms with Crippen LogP contribution in [0.25, 0.3) is 0 Å². The number of hydrogen-bond acceptors (Lipinski definition) is 7. The molecule has 2 rings (SSSR count). The van der Waals surface area contributed by atoms with Crippen molar-refractivity contribution in [3.8, 4) is 0 Å². The van der Waals surface area contributed by atoms with Crippen molar-refractivity contribution in [1.29, 1.82) is 0 Å². The zero-order chi connectivity index (χ0) is 13.0. The van der Waals surface area contributed by atoms with Crippen LogP contribution in [0.4, 0.5) is 17.8 Å². The SMILES string of the molecule is CNc1nc(N)nc(NCCc2ccc(C)s2)n1. The molecule has 2 aromatic heterocycles. The first-order valence-electron chi connectivity index (χ1n) is 5.66. The first-order chi connectivity index (χ1) is 8.67. The van der Waals surface area contributed by atoms with Gasteiger partial charge in [0.05, 0.1) is 0 Å². The minimum Gasteiger partial charge on any atom is -0.368 e. The van der Waals surface area contributed by atoms with Gasteiger partial charge in [0.25, 0.3) is 0 Å². The second kappa shape index (κ2) is 5.63. The van der Waals surface area contributed by atoms with Crippen LogP contribution in [0.2, 0.25) is 0 Å². The van der Waals surface area contributed by atoms with E-state index in [0.29, 0.717) is 11.9 Å². The van der Waals surface area contributed by atoms with Crippen LogP contribution in [0.5, 0.6) is 0 Å². The van der Waals surface area contributed by atoms with Crippen molar-refractivity contribution in [3.63, 3.8) is 0 Å². The molecule has 96 valence electrons. The van der Waals surface area contributed by atoms with E-state index >= 15 is 0 Å². The third-order valence-corrected chi connectivity index (χ3v) is 3.39. The van der Waals surface area contributed by atoms with Crippen molar-refractivity contribution < 1.29 is 0 Å². The highest BCUT2D eigenvalue weighted by Gasteiger charge is 2.03. The summed E-state index contributed by atoms with van der Waals surface area (Å²) in [5.74, 6) is 1.18. The van der Waals surface area contributed by atoms with Gasteiger partial charge in [-0.2, -0.15) is 15.0 Å². The summed E-state index contributed by atoms with van der Waals surface area (Å²) in [5.41, 5.74) is 5.58. The van der Waals surface area contributed by atoms with E-state index in [-0.39, 0.29) is 5.95 Å². The van der Waals surface area contributed by atoms with Crippen molar-refractivity contribution in [3.05, 3.63) is 21.9 Å². The Kier molecular flexibility index (Phi) is 3.93. The van der Waals surface area contributed by atoms with Gasteiger partial charge in [0.2, 0.25) is 17.8 Å². The molecule has 0 atom stereocenters. The minimum atomic E-state index is 0.212. The summed E-state index contributed by atoms with van der Waals surface area (Å²) in [6.45, 7) is 2.88. The molecule has 0 bridgehead atoms. The molecule has 2 heterocycles. The van der Waals surface area contributed by atoms with Crippen LogP contribution in [0.15, 0.2) is 12.1 Å². The Morgan fingerprint density at radius 2 is 2.00 bits per heavy atom. The number of anilines is 3. The van der Waals surface area contributed by atoms with Crippen LogP contribution in [0.1, 0.15) is 9.75 Å². The van der Waals surface area contributed by atoms with Gasteiger partial charge in [-0.3, -0.25) is 0 Å². The Balaban J connectivity index is 1.91.